The fourth-order valence-electron chi connectivity index (χ4n) is 1.53. The predicted octanol–water partition coefficient (Wildman–Crippen LogP) is 0.806. The average Bonchev–Trinajstić information content (AvgIpc) is 2.48. The van der Waals surface area contributed by atoms with E-state index in [4.69, 9.17) is 10.5 Å². The number of hydrogen-bond acceptors (Lipinski definition) is 6. The summed E-state index contributed by atoms with van der Waals surface area (Å²) in [6, 6.07) is 9.33. The smallest absolute Gasteiger partial charge is 0.243 e. The number of benzene rings is 1. The Kier molecular flexibility index (Phi) is 5.07. The number of hydrogen-bond donors (Lipinski definition) is 2. The van der Waals surface area contributed by atoms with Gasteiger partial charge in [0, 0.05) is 6.54 Å². The molecule has 0 saturated carbocycles. The van der Waals surface area contributed by atoms with Crippen LogP contribution in [0.2, 0.25) is 0 Å². The summed E-state index contributed by atoms with van der Waals surface area (Å²) < 4.78 is 31.7. The van der Waals surface area contributed by atoms with E-state index in [0.29, 0.717) is 13.0 Å². The van der Waals surface area contributed by atoms with Crippen molar-refractivity contribution in [1.82, 2.24) is 14.7 Å². The molecule has 7 nitrogen and oxygen atoms in total. The summed E-state index contributed by atoms with van der Waals surface area (Å²) in [6.45, 7) is 0.685. The Bertz CT molecular complexity index is 660. The van der Waals surface area contributed by atoms with Crippen molar-refractivity contribution >= 4 is 16.0 Å². The van der Waals surface area contributed by atoms with Crippen LogP contribution in [0.3, 0.4) is 0 Å². The number of rotatable bonds is 7. The summed E-state index contributed by atoms with van der Waals surface area (Å²) in [6.07, 6.45) is 2.89. The van der Waals surface area contributed by atoms with Crippen LogP contribution in [0.15, 0.2) is 47.6 Å². The molecule has 0 amide bonds. The molecular weight excluding hydrogens is 292 g/mol. The van der Waals surface area contributed by atoms with Gasteiger partial charge >= 0.3 is 0 Å². The van der Waals surface area contributed by atoms with Crippen LogP contribution in [0.1, 0.15) is 6.42 Å². The number of ether oxygens (including phenoxy) is 1. The minimum Gasteiger partial charge on any atom is -0.494 e. The molecule has 2 rings (SSSR count). The lowest BCUT2D eigenvalue weighted by atomic mass is 10.3. The van der Waals surface area contributed by atoms with Crippen LogP contribution < -0.4 is 15.2 Å². The first-order chi connectivity index (χ1) is 10.1. The summed E-state index contributed by atoms with van der Waals surface area (Å²) in [5.74, 6) is 0.789. The zero-order valence-corrected chi connectivity index (χ0v) is 12.1. The molecule has 0 bridgehead atoms. The third kappa shape index (κ3) is 4.69. The zero-order chi connectivity index (χ0) is 15.1. The Morgan fingerprint density at radius 2 is 1.81 bits per heavy atom. The molecule has 0 radical (unpaired) electrons. The summed E-state index contributed by atoms with van der Waals surface area (Å²) in [5, 5.41) is 0. The van der Waals surface area contributed by atoms with Crippen LogP contribution in [0, 0.1) is 0 Å². The normalized spacial score (nSPS) is 11.2. The average molecular weight is 308 g/mol. The van der Waals surface area contributed by atoms with Crippen LogP contribution in [0.25, 0.3) is 0 Å². The Balaban J connectivity index is 1.76. The van der Waals surface area contributed by atoms with Crippen molar-refractivity contribution in [1.29, 1.82) is 0 Å². The van der Waals surface area contributed by atoms with Gasteiger partial charge < -0.3 is 10.5 Å². The highest BCUT2D eigenvalue weighted by Gasteiger charge is 2.14. The van der Waals surface area contributed by atoms with Crippen molar-refractivity contribution in [3.8, 4) is 5.75 Å². The molecular formula is C13H16N4O3S. The van der Waals surface area contributed by atoms with Gasteiger partial charge in [-0.1, -0.05) is 18.2 Å². The van der Waals surface area contributed by atoms with Gasteiger partial charge in [0.25, 0.3) is 0 Å². The molecule has 3 N–H and O–H groups in total. The second-order valence-corrected chi connectivity index (χ2v) is 5.96. The Labute approximate surface area is 123 Å². The molecule has 1 heterocycles. The molecule has 0 aliphatic carbocycles. The molecule has 1 aromatic carbocycles. The second kappa shape index (κ2) is 7.00. The topological polar surface area (TPSA) is 107 Å². The van der Waals surface area contributed by atoms with E-state index in [-0.39, 0.29) is 17.4 Å². The molecule has 112 valence electrons. The van der Waals surface area contributed by atoms with Gasteiger partial charge in [0.05, 0.1) is 19.0 Å². The number of sulfonamides is 1. The Hall–Kier alpha value is -2.19. The standard InChI is InChI=1S/C13H16N4O3S/c14-13-15-9-12(10-16-13)21(18,19)17-7-4-8-20-11-5-2-1-3-6-11/h1-3,5-6,9-10,17H,4,7-8H2,(H2,14,15,16). The lowest BCUT2D eigenvalue weighted by Gasteiger charge is -2.07. The van der Waals surface area contributed by atoms with Crippen LogP contribution in [-0.2, 0) is 10.0 Å². The molecule has 0 spiro atoms. The molecule has 21 heavy (non-hydrogen) atoms. The maximum Gasteiger partial charge on any atom is 0.243 e. The predicted molar refractivity (Wildman–Crippen MR) is 78.2 cm³/mol. The highest BCUT2D eigenvalue weighted by Crippen LogP contribution is 2.09. The zero-order valence-electron chi connectivity index (χ0n) is 11.3. The monoisotopic (exact) mass is 308 g/mol. The molecule has 0 fully saturated rings. The van der Waals surface area contributed by atoms with Crippen molar-refractivity contribution in [3.63, 3.8) is 0 Å². The molecule has 0 aliphatic heterocycles. The van der Waals surface area contributed by atoms with Crippen LogP contribution in [-0.4, -0.2) is 31.5 Å². The van der Waals surface area contributed by atoms with E-state index in [1.165, 1.54) is 12.4 Å². The van der Waals surface area contributed by atoms with E-state index in [9.17, 15) is 8.42 Å². The SMILES string of the molecule is Nc1ncc(S(=O)(=O)NCCCOc2ccccc2)cn1. The molecule has 0 atom stereocenters. The van der Waals surface area contributed by atoms with Crippen molar-refractivity contribution in [2.75, 3.05) is 18.9 Å². The lowest BCUT2D eigenvalue weighted by Crippen LogP contribution is -2.26. The minimum absolute atomic E-state index is 0.0133. The van der Waals surface area contributed by atoms with Crippen molar-refractivity contribution in [2.24, 2.45) is 0 Å². The second-order valence-electron chi connectivity index (χ2n) is 4.19. The van der Waals surface area contributed by atoms with E-state index in [1.807, 2.05) is 30.3 Å². The number of para-hydroxylation sites is 1. The van der Waals surface area contributed by atoms with E-state index < -0.39 is 10.0 Å². The third-order valence-corrected chi connectivity index (χ3v) is 4.00. The summed E-state index contributed by atoms with van der Waals surface area (Å²) in [4.78, 5) is 7.29. The molecule has 0 unspecified atom stereocenters. The molecule has 8 heteroatoms. The first-order valence-corrected chi connectivity index (χ1v) is 7.81. The highest BCUT2D eigenvalue weighted by atomic mass is 32.2. The van der Waals surface area contributed by atoms with E-state index in [0.717, 1.165) is 5.75 Å². The molecule has 0 saturated heterocycles. The maximum atomic E-state index is 11.9. The number of anilines is 1. The van der Waals surface area contributed by atoms with E-state index >= 15 is 0 Å². The number of nitrogen functional groups attached to an aromatic ring is 1. The van der Waals surface area contributed by atoms with Gasteiger partial charge in [0.1, 0.15) is 10.6 Å². The summed E-state index contributed by atoms with van der Waals surface area (Å²) in [5.41, 5.74) is 5.31. The Morgan fingerprint density at radius 3 is 2.48 bits per heavy atom. The van der Waals surface area contributed by atoms with Gasteiger partial charge in [-0.2, -0.15) is 0 Å². The van der Waals surface area contributed by atoms with Gasteiger partial charge in [-0.05, 0) is 18.6 Å². The Morgan fingerprint density at radius 1 is 1.14 bits per heavy atom. The maximum absolute atomic E-state index is 11.9. The van der Waals surface area contributed by atoms with Gasteiger partial charge in [-0.3, -0.25) is 0 Å². The minimum atomic E-state index is -3.61. The molecule has 0 aliphatic rings. The number of nitrogens with one attached hydrogen (secondary N) is 1. The largest absolute Gasteiger partial charge is 0.494 e. The number of nitrogens with two attached hydrogens (primary N) is 1. The van der Waals surface area contributed by atoms with Crippen LogP contribution >= 0.6 is 0 Å². The van der Waals surface area contributed by atoms with E-state index in [2.05, 4.69) is 14.7 Å². The number of aromatic nitrogens is 2. The lowest BCUT2D eigenvalue weighted by molar-refractivity contribution is 0.311. The van der Waals surface area contributed by atoms with Crippen molar-refractivity contribution < 1.29 is 13.2 Å². The van der Waals surface area contributed by atoms with Gasteiger partial charge in [-0.25, -0.2) is 23.1 Å². The highest BCUT2D eigenvalue weighted by molar-refractivity contribution is 7.89. The fraction of sp³-hybridized carbons (Fsp3) is 0.231. The van der Waals surface area contributed by atoms with E-state index in [1.54, 1.807) is 0 Å². The number of nitrogens with zero attached hydrogens (tertiary/aromatic N) is 2. The first-order valence-electron chi connectivity index (χ1n) is 6.33. The quantitative estimate of drug-likeness (QED) is 0.733. The van der Waals surface area contributed by atoms with Crippen LogP contribution in [0.4, 0.5) is 5.95 Å². The first kappa shape index (κ1) is 15.2. The van der Waals surface area contributed by atoms with Crippen LogP contribution in [0.5, 0.6) is 5.75 Å². The van der Waals surface area contributed by atoms with Gasteiger partial charge in [0.2, 0.25) is 16.0 Å². The van der Waals surface area contributed by atoms with Gasteiger partial charge in [-0.15, -0.1) is 0 Å². The van der Waals surface area contributed by atoms with Crippen molar-refractivity contribution in [3.05, 3.63) is 42.7 Å². The van der Waals surface area contributed by atoms with Crippen molar-refractivity contribution in [2.45, 2.75) is 11.3 Å². The van der Waals surface area contributed by atoms with Gasteiger partial charge in [0.15, 0.2) is 0 Å². The fourth-order valence-corrected chi connectivity index (χ4v) is 2.50. The molecule has 2 aromatic rings. The summed E-state index contributed by atoms with van der Waals surface area (Å²) in [7, 11) is -3.61. The third-order valence-electron chi connectivity index (χ3n) is 2.58. The molecule has 1 aromatic heterocycles. The summed E-state index contributed by atoms with van der Waals surface area (Å²) >= 11 is 0.